The Morgan fingerprint density at radius 2 is 2.24 bits per heavy atom. The highest BCUT2D eigenvalue weighted by Gasteiger charge is 2.30. The van der Waals surface area contributed by atoms with E-state index >= 15 is 0 Å². The third-order valence-electron chi connectivity index (χ3n) is 5.17. The normalized spacial score (nSPS) is 18.5. The van der Waals surface area contributed by atoms with Crippen LogP contribution in [0, 0.1) is 11.3 Å². The highest BCUT2D eigenvalue weighted by molar-refractivity contribution is 9.10. The molecule has 1 aromatic carbocycles. The zero-order valence-electron chi connectivity index (χ0n) is 14.8. The van der Waals surface area contributed by atoms with Crippen molar-refractivity contribution in [1.82, 2.24) is 9.47 Å². The van der Waals surface area contributed by atoms with Crippen LogP contribution in [0.15, 0.2) is 24.3 Å². The summed E-state index contributed by atoms with van der Waals surface area (Å²) >= 11 is 3.41. The highest BCUT2D eigenvalue weighted by Crippen LogP contribution is 2.27. The number of hydrogen-bond donors (Lipinski definition) is 0. The standard InChI is InChI=1S/C20H24BrN3O/c1-3-23-18(12-16-7-6-15(13-22)11-19(16)23)9-8-17-5-4-10-24(17)20(25)14(2)21/h6-7,11-12,14,17H,3-5,8-10H2,1-2H3. The maximum Gasteiger partial charge on any atom is 0.236 e. The van der Waals surface area contributed by atoms with Crippen molar-refractivity contribution in [3.8, 4) is 6.07 Å². The molecule has 0 bridgehead atoms. The molecule has 5 heteroatoms. The number of aryl methyl sites for hydroxylation is 2. The van der Waals surface area contributed by atoms with E-state index in [0.717, 1.165) is 44.3 Å². The molecule has 0 saturated carbocycles. The zero-order valence-corrected chi connectivity index (χ0v) is 16.4. The molecule has 2 aromatic rings. The summed E-state index contributed by atoms with van der Waals surface area (Å²) in [5.74, 6) is 0.206. The Hall–Kier alpha value is -1.80. The average molecular weight is 402 g/mol. The van der Waals surface area contributed by atoms with E-state index in [1.54, 1.807) is 0 Å². The van der Waals surface area contributed by atoms with Gasteiger partial charge in [-0.05, 0) is 63.1 Å². The van der Waals surface area contributed by atoms with E-state index in [1.807, 2.05) is 30.0 Å². The number of nitriles is 1. The maximum absolute atomic E-state index is 12.3. The minimum absolute atomic E-state index is 0.111. The summed E-state index contributed by atoms with van der Waals surface area (Å²) in [5.41, 5.74) is 3.12. The van der Waals surface area contributed by atoms with Crippen molar-refractivity contribution in [1.29, 1.82) is 5.26 Å². The lowest BCUT2D eigenvalue weighted by molar-refractivity contribution is -0.131. The molecule has 1 aliphatic rings. The van der Waals surface area contributed by atoms with Crippen molar-refractivity contribution in [3.63, 3.8) is 0 Å². The van der Waals surface area contributed by atoms with Gasteiger partial charge >= 0.3 is 0 Å². The van der Waals surface area contributed by atoms with Crippen LogP contribution in [0.2, 0.25) is 0 Å². The van der Waals surface area contributed by atoms with Crippen LogP contribution in [-0.2, 0) is 17.8 Å². The van der Waals surface area contributed by atoms with Crippen LogP contribution >= 0.6 is 15.9 Å². The fraction of sp³-hybridized carbons (Fsp3) is 0.500. The minimum atomic E-state index is -0.111. The van der Waals surface area contributed by atoms with Gasteiger partial charge in [0.2, 0.25) is 5.91 Å². The molecule has 2 atom stereocenters. The lowest BCUT2D eigenvalue weighted by atomic mass is 10.1. The number of carbonyl (C=O) groups excluding carboxylic acids is 1. The van der Waals surface area contributed by atoms with E-state index < -0.39 is 0 Å². The number of halogens is 1. The van der Waals surface area contributed by atoms with Crippen LogP contribution in [0.4, 0.5) is 0 Å². The predicted molar refractivity (Wildman–Crippen MR) is 104 cm³/mol. The smallest absolute Gasteiger partial charge is 0.236 e. The van der Waals surface area contributed by atoms with Gasteiger partial charge in [0.1, 0.15) is 0 Å². The number of benzene rings is 1. The van der Waals surface area contributed by atoms with Crippen molar-refractivity contribution in [2.45, 2.75) is 56.9 Å². The average Bonchev–Trinajstić information content (AvgIpc) is 3.21. The summed E-state index contributed by atoms with van der Waals surface area (Å²) in [7, 11) is 0. The lowest BCUT2D eigenvalue weighted by Crippen LogP contribution is -2.39. The third kappa shape index (κ3) is 3.59. The van der Waals surface area contributed by atoms with Gasteiger partial charge in [-0.1, -0.05) is 22.0 Å². The first-order valence-corrected chi connectivity index (χ1v) is 9.93. The summed E-state index contributed by atoms with van der Waals surface area (Å²) in [5, 5.41) is 10.3. The molecule has 2 unspecified atom stereocenters. The van der Waals surface area contributed by atoms with Crippen molar-refractivity contribution in [2.24, 2.45) is 0 Å². The molecule has 0 spiro atoms. The monoisotopic (exact) mass is 401 g/mol. The van der Waals surface area contributed by atoms with Gasteiger partial charge in [0.25, 0.3) is 0 Å². The molecule has 3 rings (SSSR count). The van der Waals surface area contributed by atoms with E-state index in [4.69, 9.17) is 5.26 Å². The Morgan fingerprint density at radius 1 is 1.44 bits per heavy atom. The molecule has 1 aliphatic heterocycles. The first kappa shape index (κ1) is 18.0. The quantitative estimate of drug-likeness (QED) is 0.703. The second kappa shape index (κ2) is 7.61. The van der Waals surface area contributed by atoms with E-state index in [1.165, 1.54) is 11.1 Å². The molecule has 0 N–H and O–H groups in total. The van der Waals surface area contributed by atoms with Crippen LogP contribution in [0.25, 0.3) is 10.9 Å². The molecule has 4 nitrogen and oxygen atoms in total. The molecule has 0 aliphatic carbocycles. The largest absolute Gasteiger partial charge is 0.345 e. The summed E-state index contributed by atoms with van der Waals surface area (Å²) in [4.78, 5) is 14.3. The van der Waals surface area contributed by atoms with Gasteiger partial charge in [-0.25, -0.2) is 0 Å². The van der Waals surface area contributed by atoms with E-state index in [2.05, 4.69) is 39.6 Å². The Labute approximate surface area is 157 Å². The number of likely N-dealkylation sites (tertiary alicyclic amines) is 1. The minimum Gasteiger partial charge on any atom is -0.345 e. The topological polar surface area (TPSA) is 49.0 Å². The number of nitrogens with zero attached hydrogens (tertiary/aromatic N) is 3. The fourth-order valence-corrected chi connectivity index (χ4v) is 4.19. The number of carbonyl (C=O) groups is 1. The Kier molecular flexibility index (Phi) is 5.48. The molecule has 1 fully saturated rings. The molecule has 132 valence electrons. The van der Waals surface area contributed by atoms with Gasteiger partial charge < -0.3 is 9.47 Å². The molecule has 25 heavy (non-hydrogen) atoms. The van der Waals surface area contributed by atoms with Gasteiger partial charge in [0.15, 0.2) is 0 Å². The van der Waals surface area contributed by atoms with Crippen molar-refractivity contribution < 1.29 is 4.79 Å². The number of hydrogen-bond acceptors (Lipinski definition) is 2. The van der Waals surface area contributed by atoms with E-state index in [-0.39, 0.29) is 10.7 Å². The number of aromatic nitrogens is 1. The van der Waals surface area contributed by atoms with Crippen molar-refractivity contribution in [3.05, 3.63) is 35.5 Å². The highest BCUT2D eigenvalue weighted by atomic mass is 79.9. The summed E-state index contributed by atoms with van der Waals surface area (Å²) in [6.07, 6.45) is 4.14. The number of fused-ring (bicyclic) bond motifs is 1. The number of rotatable bonds is 5. The van der Waals surface area contributed by atoms with Crippen LogP contribution in [0.5, 0.6) is 0 Å². The maximum atomic E-state index is 12.3. The first-order chi connectivity index (χ1) is 12.0. The van der Waals surface area contributed by atoms with E-state index in [0.29, 0.717) is 11.6 Å². The molecule has 1 saturated heterocycles. The second-order valence-corrected chi connectivity index (χ2v) is 8.12. The van der Waals surface area contributed by atoms with Gasteiger partial charge in [-0.3, -0.25) is 4.79 Å². The Balaban J connectivity index is 1.79. The zero-order chi connectivity index (χ0) is 18.0. The van der Waals surface area contributed by atoms with Gasteiger partial charge in [0.05, 0.1) is 16.5 Å². The molecular formula is C20H24BrN3O. The van der Waals surface area contributed by atoms with Crippen LogP contribution in [-0.4, -0.2) is 32.8 Å². The SMILES string of the molecule is CCn1c(CCC2CCCN2C(=O)C(C)Br)cc2ccc(C#N)cc21. The molecule has 0 radical (unpaired) electrons. The predicted octanol–water partition coefficient (Wildman–Crippen LogP) is 4.24. The molecular weight excluding hydrogens is 378 g/mol. The molecule has 2 heterocycles. The Morgan fingerprint density at radius 3 is 2.92 bits per heavy atom. The Bertz CT molecular complexity index is 818. The van der Waals surface area contributed by atoms with E-state index in [9.17, 15) is 4.79 Å². The van der Waals surface area contributed by atoms with Crippen molar-refractivity contribution in [2.75, 3.05) is 6.54 Å². The second-order valence-electron chi connectivity index (χ2n) is 6.75. The van der Waals surface area contributed by atoms with Gasteiger partial charge in [-0.2, -0.15) is 5.26 Å². The fourth-order valence-electron chi connectivity index (χ4n) is 3.93. The number of alkyl halides is 1. The van der Waals surface area contributed by atoms with Gasteiger partial charge in [0, 0.05) is 30.3 Å². The van der Waals surface area contributed by atoms with Gasteiger partial charge in [-0.15, -0.1) is 0 Å². The summed E-state index contributed by atoms with van der Waals surface area (Å²) in [6, 6.07) is 10.7. The summed E-state index contributed by atoms with van der Waals surface area (Å²) in [6.45, 7) is 5.81. The van der Waals surface area contributed by atoms with Crippen LogP contribution in [0.1, 0.15) is 44.4 Å². The third-order valence-corrected chi connectivity index (χ3v) is 5.56. The first-order valence-electron chi connectivity index (χ1n) is 9.02. The molecule has 1 aromatic heterocycles. The molecule has 1 amide bonds. The van der Waals surface area contributed by atoms with Crippen LogP contribution < -0.4 is 0 Å². The summed E-state index contributed by atoms with van der Waals surface area (Å²) < 4.78 is 2.30. The van der Waals surface area contributed by atoms with Crippen molar-refractivity contribution >= 4 is 32.7 Å². The lowest BCUT2D eigenvalue weighted by Gasteiger charge is -2.26. The van der Waals surface area contributed by atoms with Crippen LogP contribution in [0.3, 0.4) is 0 Å². The number of amides is 1.